The average molecular weight is 352 g/mol. The van der Waals surface area contributed by atoms with Crippen molar-refractivity contribution in [1.82, 2.24) is 9.55 Å². The zero-order valence-corrected chi connectivity index (χ0v) is 14.1. The second-order valence-corrected chi connectivity index (χ2v) is 5.64. The summed E-state index contributed by atoms with van der Waals surface area (Å²) in [5, 5.41) is 0. The highest BCUT2D eigenvalue weighted by molar-refractivity contribution is 9.10. The molecule has 0 bridgehead atoms. The molecule has 0 radical (unpaired) electrons. The molecule has 0 spiro atoms. The van der Waals surface area contributed by atoms with E-state index in [0.717, 1.165) is 21.3 Å². The number of carbonyl (C=O) groups is 1. The molecule has 0 aliphatic heterocycles. The average Bonchev–Trinajstić information content (AvgIpc) is 2.71. The largest absolute Gasteiger partial charge is 0.461 e. The van der Waals surface area contributed by atoms with Crippen LogP contribution in [0.15, 0.2) is 16.6 Å². The van der Waals surface area contributed by atoms with Gasteiger partial charge in [-0.1, -0.05) is 15.9 Å². The van der Waals surface area contributed by atoms with Crippen LogP contribution in [0.3, 0.4) is 0 Å². The van der Waals surface area contributed by atoms with Gasteiger partial charge in [0.1, 0.15) is 11.6 Å². The van der Waals surface area contributed by atoms with Crippen molar-refractivity contribution in [3.63, 3.8) is 0 Å². The van der Waals surface area contributed by atoms with Gasteiger partial charge in [-0.05, 0) is 51.0 Å². The molecule has 21 heavy (non-hydrogen) atoms. The van der Waals surface area contributed by atoms with Crippen LogP contribution in [0.5, 0.6) is 0 Å². The molecule has 1 aromatic heterocycles. The van der Waals surface area contributed by atoms with Crippen molar-refractivity contribution >= 4 is 27.7 Å². The Morgan fingerprint density at radius 3 is 2.43 bits per heavy atom. The molecule has 1 aromatic carbocycles. The van der Waals surface area contributed by atoms with Crippen molar-refractivity contribution in [2.45, 2.75) is 27.7 Å². The summed E-state index contributed by atoms with van der Waals surface area (Å²) in [5.74, 6) is 0.450. The maximum absolute atomic E-state index is 11.9. The van der Waals surface area contributed by atoms with E-state index in [1.54, 1.807) is 11.5 Å². The number of nitrogens with two attached hydrogens (primary N) is 1. The lowest BCUT2D eigenvalue weighted by atomic mass is 10.1. The summed E-state index contributed by atoms with van der Waals surface area (Å²) in [7, 11) is 0. The second kappa shape index (κ2) is 5.89. The summed E-state index contributed by atoms with van der Waals surface area (Å²) >= 11 is 3.54. The van der Waals surface area contributed by atoms with Crippen LogP contribution in [0.1, 0.15) is 34.4 Å². The van der Waals surface area contributed by atoms with Gasteiger partial charge in [0.05, 0.1) is 6.61 Å². The summed E-state index contributed by atoms with van der Waals surface area (Å²) in [5.41, 5.74) is 9.32. The van der Waals surface area contributed by atoms with Crippen LogP contribution in [0.4, 0.5) is 5.82 Å². The number of halogens is 1. The molecule has 112 valence electrons. The summed E-state index contributed by atoms with van der Waals surface area (Å²) in [4.78, 5) is 16.1. The van der Waals surface area contributed by atoms with Crippen LogP contribution in [0.25, 0.3) is 5.69 Å². The molecule has 0 aliphatic carbocycles. The molecule has 0 saturated carbocycles. The minimum atomic E-state index is -0.498. The Balaban J connectivity index is 2.58. The van der Waals surface area contributed by atoms with Crippen molar-refractivity contribution in [3.8, 4) is 5.69 Å². The number of carbonyl (C=O) groups excluding carboxylic acids is 1. The van der Waals surface area contributed by atoms with Crippen LogP contribution in [-0.4, -0.2) is 22.1 Å². The highest BCUT2D eigenvalue weighted by Gasteiger charge is 2.21. The van der Waals surface area contributed by atoms with Crippen LogP contribution in [0.2, 0.25) is 0 Å². The summed E-state index contributed by atoms with van der Waals surface area (Å²) in [6, 6.07) is 3.99. The van der Waals surface area contributed by atoms with Crippen molar-refractivity contribution in [3.05, 3.63) is 39.3 Å². The Hall–Kier alpha value is -1.82. The minimum absolute atomic E-state index is 0.160. The van der Waals surface area contributed by atoms with E-state index in [1.807, 2.05) is 32.9 Å². The molecule has 5 nitrogen and oxygen atoms in total. The first-order valence-electron chi connectivity index (χ1n) is 6.65. The smallest absolute Gasteiger partial charge is 0.360 e. The Morgan fingerprint density at radius 1 is 1.33 bits per heavy atom. The van der Waals surface area contributed by atoms with Gasteiger partial charge < -0.3 is 10.5 Å². The van der Waals surface area contributed by atoms with Crippen molar-refractivity contribution in [1.29, 1.82) is 0 Å². The van der Waals surface area contributed by atoms with E-state index in [2.05, 4.69) is 20.9 Å². The SMILES string of the molecule is CCOC(=O)c1nc(C)n(-c2cc(C)c(Br)c(C)c2)c1N. The van der Waals surface area contributed by atoms with E-state index in [9.17, 15) is 4.79 Å². The number of nitrogens with zero attached hydrogens (tertiary/aromatic N) is 2. The van der Waals surface area contributed by atoms with E-state index >= 15 is 0 Å². The third kappa shape index (κ3) is 2.81. The van der Waals surface area contributed by atoms with E-state index < -0.39 is 5.97 Å². The van der Waals surface area contributed by atoms with Gasteiger partial charge in [-0.15, -0.1) is 0 Å². The maximum Gasteiger partial charge on any atom is 0.360 e. The molecule has 0 atom stereocenters. The molecule has 0 aliphatic rings. The number of nitrogen functional groups attached to an aromatic ring is 1. The monoisotopic (exact) mass is 351 g/mol. The van der Waals surface area contributed by atoms with Gasteiger partial charge in [0.2, 0.25) is 0 Å². The summed E-state index contributed by atoms with van der Waals surface area (Å²) < 4.78 is 7.80. The quantitative estimate of drug-likeness (QED) is 0.861. The molecule has 2 N–H and O–H groups in total. The van der Waals surface area contributed by atoms with Gasteiger partial charge in [-0.2, -0.15) is 0 Å². The van der Waals surface area contributed by atoms with E-state index in [0.29, 0.717) is 18.2 Å². The van der Waals surface area contributed by atoms with Crippen molar-refractivity contribution in [2.75, 3.05) is 12.3 Å². The minimum Gasteiger partial charge on any atom is -0.461 e. The van der Waals surface area contributed by atoms with Crippen molar-refractivity contribution < 1.29 is 9.53 Å². The first-order chi connectivity index (χ1) is 9.86. The lowest BCUT2D eigenvalue weighted by molar-refractivity contribution is 0.0521. The molecular formula is C15H18BrN3O2. The number of esters is 1. The van der Waals surface area contributed by atoms with Crippen LogP contribution < -0.4 is 5.73 Å². The molecule has 0 amide bonds. The molecule has 0 fully saturated rings. The number of aromatic nitrogens is 2. The van der Waals surface area contributed by atoms with Gasteiger partial charge in [0.25, 0.3) is 0 Å². The molecule has 2 aromatic rings. The predicted molar refractivity (Wildman–Crippen MR) is 85.8 cm³/mol. The zero-order chi connectivity index (χ0) is 15.7. The number of rotatable bonds is 3. The van der Waals surface area contributed by atoms with Crippen LogP contribution in [-0.2, 0) is 4.74 Å². The number of imidazole rings is 1. The fraction of sp³-hybridized carbons (Fsp3) is 0.333. The fourth-order valence-corrected chi connectivity index (χ4v) is 2.51. The summed E-state index contributed by atoms with van der Waals surface area (Å²) in [6.07, 6.45) is 0. The molecule has 0 saturated heterocycles. The van der Waals surface area contributed by atoms with Crippen LogP contribution >= 0.6 is 15.9 Å². The number of benzene rings is 1. The lowest BCUT2D eigenvalue weighted by Crippen LogP contribution is -2.09. The molecule has 1 heterocycles. The highest BCUT2D eigenvalue weighted by Crippen LogP contribution is 2.27. The Labute approximate surface area is 132 Å². The number of hydrogen-bond acceptors (Lipinski definition) is 4. The third-order valence-corrected chi connectivity index (χ3v) is 4.48. The number of aryl methyl sites for hydroxylation is 3. The van der Waals surface area contributed by atoms with Gasteiger partial charge in [-0.3, -0.25) is 4.57 Å². The maximum atomic E-state index is 11.9. The van der Waals surface area contributed by atoms with Gasteiger partial charge in [0, 0.05) is 10.2 Å². The number of ether oxygens (including phenoxy) is 1. The van der Waals surface area contributed by atoms with Gasteiger partial charge in [-0.25, -0.2) is 9.78 Å². The molecular weight excluding hydrogens is 334 g/mol. The van der Waals surface area contributed by atoms with E-state index in [-0.39, 0.29) is 5.69 Å². The second-order valence-electron chi connectivity index (χ2n) is 4.84. The third-order valence-electron chi connectivity index (χ3n) is 3.23. The Morgan fingerprint density at radius 2 is 1.90 bits per heavy atom. The normalized spacial score (nSPS) is 10.7. The van der Waals surface area contributed by atoms with Crippen molar-refractivity contribution in [2.24, 2.45) is 0 Å². The zero-order valence-electron chi connectivity index (χ0n) is 12.5. The highest BCUT2D eigenvalue weighted by atomic mass is 79.9. The number of hydrogen-bond donors (Lipinski definition) is 1. The Kier molecular flexibility index (Phi) is 4.37. The van der Waals surface area contributed by atoms with E-state index in [4.69, 9.17) is 10.5 Å². The van der Waals surface area contributed by atoms with Crippen LogP contribution in [0, 0.1) is 20.8 Å². The molecule has 0 unspecified atom stereocenters. The summed E-state index contributed by atoms with van der Waals surface area (Å²) in [6.45, 7) is 7.87. The lowest BCUT2D eigenvalue weighted by Gasteiger charge is -2.12. The first kappa shape index (κ1) is 15.6. The predicted octanol–water partition coefficient (Wildman–Crippen LogP) is 3.32. The topological polar surface area (TPSA) is 70.1 Å². The van der Waals surface area contributed by atoms with E-state index in [1.165, 1.54) is 0 Å². The standard InChI is InChI=1S/C15H18BrN3O2/c1-5-21-15(20)13-14(17)19(10(4)18-13)11-6-8(2)12(16)9(3)7-11/h6-7H,5,17H2,1-4H3. The molecule has 2 rings (SSSR count). The van der Waals surface area contributed by atoms with Gasteiger partial charge >= 0.3 is 5.97 Å². The number of anilines is 1. The Bertz CT molecular complexity index is 684. The van der Waals surface area contributed by atoms with Gasteiger partial charge in [0.15, 0.2) is 5.69 Å². The molecule has 6 heteroatoms. The first-order valence-corrected chi connectivity index (χ1v) is 7.45. The fourth-order valence-electron chi connectivity index (χ4n) is 2.28.